The number of nitrogens with one attached hydrogen (secondary N) is 2. The van der Waals surface area contributed by atoms with Crippen molar-refractivity contribution >= 4 is 43.7 Å². The Bertz CT molecular complexity index is 892. The highest BCUT2D eigenvalue weighted by atomic mass is 79.9. The van der Waals surface area contributed by atoms with E-state index in [1.54, 1.807) is 0 Å². The highest BCUT2D eigenvalue weighted by molar-refractivity contribution is 9.11. The van der Waals surface area contributed by atoms with Gasteiger partial charge in [0.1, 0.15) is 5.75 Å². The zero-order valence-electron chi connectivity index (χ0n) is 30.0. The molecule has 0 aliphatic heterocycles. The molecule has 0 radical (unpaired) electrons. The first-order valence-corrected chi connectivity index (χ1v) is 20.9. The standard InChI is InChI=1S/C39H68Br2N2O4/c1-3-5-7-9-11-13-15-17-19-21-23-26-37(44)42-30-28-34-32-35(40)39(36(41)33-34)46-31-25-29-43-47-38(45)27-24-22-20-18-16-14-12-10-8-6-4-2/h32-33,43H,3-31H2,1-2H3,(H,42,44). The minimum atomic E-state index is -0.187. The average Bonchev–Trinajstić information content (AvgIpc) is 3.05. The maximum Gasteiger partial charge on any atom is 0.324 e. The van der Waals surface area contributed by atoms with Crippen molar-refractivity contribution in [2.75, 3.05) is 19.7 Å². The summed E-state index contributed by atoms with van der Waals surface area (Å²) in [5, 5.41) is 3.07. The molecule has 1 aromatic rings. The lowest BCUT2D eigenvalue weighted by Gasteiger charge is -2.13. The van der Waals surface area contributed by atoms with Gasteiger partial charge in [0.15, 0.2) is 0 Å². The molecule has 6 nitrogen and oxygen atoms in total. The van der Waals surface area contributed by atoms with Crippen molar-refractivity contribution in [3.63, 3.8) is 0 Å². The normalized spacial score (nSPS) is 11.1. The Kier molecular flexibility index (Phi) is 30.0. The highest BCUT2D eigenvalue weighted by Crippen LogP contribution is 2.35. The van der Waals surface area contributed by atoms with E-state index in [1.807, 2.05) is 12.1 Å². The van der Waals surface area contributed by atoms with Gasteiger partial charge in [-0.2, -0.15) is 5.48 Å². The smallest absolute Gasteiger partial charge is 0.324 e. The molecule has 1 amide bonds. The van der Waals surface area contributed by atoms with E-state index >= 15 is 0 Å². The van der Waals surface area contributed by atoms with E-state index in [0.717, 1.165) is 52.4 Å². The van der Waals surface area contributed by atoms with Crippen LogP contribution in [0.1, 0.15) is 180 Å². The first kappa shape index (κ1) is 43.9. The van der Waals surface area contributed by atoms with E-state index in [1.165, 1.54) is 116 Å². The van der Waals surface area contributed by atoms with Crippen LogP contribution in [0.2, 0.25) is 0 Å². The van der Waals surface area contributed by atoms with E-state index < -0.39 is 0 Å². The van der Waals surface area contributed by atoms with Gasteiger partial charge in [-0.25, -0.2) is 0 Å². The number of unbranched alkanes of at least 4 members (excludes halogenated alkanes) is 20. The van der Waals surface area contributed by atoms with Crippen LogP contribution >= 0.6 is 31.9 Å². The van der Waals surface area contributed by atoms with E-state index in [-0.39, 0.29) is 11.9 Å². The van der Waals surface area contributed by atoms with Gasteiger partial charge in [0, 0.05) is 25.9 Å². The minimum Gasteiger partial charge on any atom is -0.491 e. The largest absolute Gasteiger partial charge is 0.491 e. The maximum atomic E-state index is 12.3. The quantitative estimate of drug-likeness (QED) is 0.0548. The van der Waals surface area contributed by atoms with Crippen molar-refractivity contribution in [2.24, 2.45) is 0 Å². The summed E-state index contributed by atoms with van der Waals surface area (Å²) in [7, 11) is 0. The summed E-state index contributed by atoms with van der Waals surface area (Å²) in [5.74, 6) is 0.711. The Morgan fingerprint density at radius 1 is 0.596 bits per heavy atom. The fourth-order valence-electron chi connectivity index (χ4n) is 5.71. The molecule has 1 rings (SSSR count). The molecule has 0 fully saturated rings. The molecule has 0 aliphatic rings. The van der Waals surface area contributed by atoms with Crippen LogP contribution < -0.4 is 15.5 Å². The number of rotatable bonds is 33. The van der Waals surface area contributed by atoms with Crippen molar-refractivity contribution in [1.82, 2.24) is 10.8 Å². The number of benzene rings is 1. The number of ether oxygens (including phenoxy) is 1. The fourth-order valence-corrected chi connectivity index (χ4v) is 7.22. The molecule has 47 heavy (non-hydrogen) atoms. The average molecular weight is 789 g/mol. The van der Waals surface area contributed by atoms with Crippen LogP contribution in [0.4, 0.5) is 0 Å². The summed E-state index contributed by atoms with van der Waals surface area (Å²) in [6.07, 6.45) is 30.7. The van der Waals surface area contributed by atoms with Gasteiger partial charge >= 0.3 is 5.97 Å². The third-order valence-corrected chi connectivity index (χ3v) is 9.82. The summed E-state index contributed by atoms with van der Waals surface area (Å²) in [5.41, 5.74) is 3.90. The molecular weight excluding hydrogens is 720 g/mol. The van der Waals surface area contributed by atoms with Crippen LogP contribution in [-0.2, 0) is 20.8 Å². The predicted molar refractivity (Wildman–Crippen MR) is 205 cm³/mol. The maximum absolute atomic E-state index is 12.3. The topological polar surface area (TPSA) is 76.7 Å². The predicted octanol–water partition coefficient (Wildman–Crippen LogP) is 12.1. The van der Waals surface area contributed by atoms with Crippen LogP contribution in [0.5, 0.6) is 5.75 Å². The lowest BCUT2D eigenvalue weighted by atomic mass is 10.1. The highest BCUT2D eigenvalue weighted by Gasteiger charge is 2.10. The number of hydrogen-bond acceptors (Lipinski definition) is 5. The summed E-state index contributed by atoms with van der Waals surface area (Å²) in [6, 6.07) is 4.09. The second kappa shape index (κ2) is 32.1. The molecule has 0 bridgehead atoms. The van der Waals surface area contributed by atoms with E-state index in [0.29, 0.717) is 39.0 Å². The van der Waals surface area contributed by atoms with Crippen LogP contribution in [-0.4, -0.2) is 31.6 Å². The van der Waals surface area contributed by atoms with E-state index in [2.05, 4.69) is 56.5 Å². The van der Waals surface area contributed by atoms with Gasteiger partial charge in [0.05, 0.1) is 15.6 Å². The van der Waals surface area contributed by atoms with Crippen molar-refractivity contribution in [3.05, 3.63) is 26.6 Å². The monoisotopic (exact) mass is 786 g/mol. The molecule has 2 N–H and O–H groups in total. The Morgan fingerprint density at radius 2 is 1.04 bits per heavy atom. The second-order valence-electron chi connectivity index (χ2n) is 13.1. The SMILES string of the molecule is CCCCCCCCCCCCCC(=O)NCCc1cc(Br)c(OCCCNOC(=O)CCCCCCCCCCCCC)c(Br)c1. The third kappa shape index (κ3) is 26.4. The number of carbonyl (C=O) groups excluding carboxylic acids is 2. The molecule has 0 aliphatic carbocycles. The van der Waals surface area contributed by atoms with Gasteiger partial charge < -0.3 is 14.9 Å². The fraction of sp³-hybridized carbons (Fsp3) is 0.795. The Labute approximate surface area is 305 Å². The zero-order valence-corrected chi connectivity index (χ0v) is 33.2. The van der Waals surface area contributed by atoms with Crippen molar-refractivity contribution in [1.29, 1.82) is 0 Å². The van der Waals surface area contributed by atoms with E-state index in [9.17, 15) is 9.59 Å². The van der Waals surface area contributed by atoms with Gasteiger partial charge in [0.2, 0.25) is 5.91 Å². The number of carbonyl (C=O) groups is 2. The van der Waals surface area contributed by atoms with Gasteiger partial charge in [-0.05, 0) is 75.2 Å². The Morgan fingerprint density at radius 3 is 1.53 bits per heavy atom. The van der Waals surface area contributed by atoms with E-state index in [4.69, 9.17) is 9.57 Å². The number of halogens is 2. The number of hydroxylamine groups is 1. The molecule has 0 unspecified atom stereocenters. The molecule has 0 saturated carbocycles. The third-order valence-electron chi connectivity index (χ3n) is 8.64. The summed E-state index contributed by atoms with van der Waals surface area (Å²) < 4.78 is 7.73. The number of hydrogen-bond donors (Lipinski definition) is 2. The second-order valence-corrected chi connectivity index (χ2v) is 14.8. The lowest BCUT2D eigenvalue weighted by molar-refractivity contribution is -0.151. The lowest BCUT2D eigenvalue weighted by Crippen LogP contribution is -2.25. The first-order chi connectivity index (χ1) is 23.0. The van der Waals surface area contributed by atoms with Gasteiger partial charge in [-0.1, -0.05) is 142 Å². The zero-order chi connectivity index (χ0) is 34.2. The summed E-state index contributed by atoms with van der Waals surface area (Å²) in [6.45, 7) is 6.18. The van der Waals surface area contributed by atoms with Crippen molar-refractivity contribution < 1.29 is 19.2 Å². The van der Waals surface area contributed by atoms with Crippen LogP contribution in [0.15, 0.2) is 21.1 Å². The van der Waals surface area contributed by atoms with Crippen molar-refractivity contribution in [2.45, 2.75) is 181 Å². The molecule has 0 spiro atoms. The molecule has 0 heterocycles. The molecule has 1 aromatic carbocycles. The molecule has 0 atom stereocenters. The van der Waals surface area contributed by atoms with Crippen LogP contribution in [0, 0.1) is 0 Å². The molecule has 272 valence electrons. The first-order valence-electron chi connectivity index (χ1n) is 19.3. The van der Waals surface area contributed by atoms with Gasteiger partial charge in [0.25, 0.3) is 0 Å². The molecule has 0 aromatic heterocycles. The van der Waals surface area contributed by atoms with Crippen LogP contribution in [0.25, 0.3) is 0 Å². The molecular formula is C39H68Br2N2O4. The van der Waals surface area contributed by atoms with Gasteiger partial charge in [-0.3, -0.25) is 9.59 Å². The summed E-state index contributed by atoms with van der Waals surface area (Å²) >= 11 is 7.26. The molecule has 0 saturated heterocycles. The molecule has 8 heteroatoms. The van der Waals surface area contributed by atoms with Crippen molar-refractivity contribution in [3.8, 4) is 5.75 Å². The minimum absolute atomic E-state index is 0.146. The summed E-state index contributed by atoms with van der Waals surface area (Å²) in [4.78, 5) is 29.4. The Balaban J connectivity index is 2.04. The number of amides is 1. The van der Waals surface area contributed by atoms with Gasteiger partial charge in [-0.15, -0.1) is 0 Å². The Hall–Kier alpha value is -1.12. The van der Waals surface area contributed by atoms with Crippen LogP contribution in [0.3, 0.4) is 0 Å².